The summed E-state index contributed by atoms with van der Waals surface area (Å²) in [5.41, 5.74) is 3.35. The van der Waals surface area contributed by atoms with Gasteiger partial charge in [-0.15, -0.1) is 0 Å². The van der Waals surface area contributed by atoms with Crippen LogP contribution in [0.2, 0.25) is 5.02 Å². The molecule has 0 unspecified atom stereocenters. The van der Waals surface area contributed by atoms with Gasteiger partial charge in [0.25, 0.3) is 5.91 Å². The molecule has 0 aliphatic heterocycles. The van der Waals surface area contributed by atoms with E-state index in [2.05, 4.69) is 0 Å². The Morgan fingerprint density at radius 1 is 1.24 bits per heavy atom. The fourth-order valence-corrected chi connectivity index (χ4v) is 1.89. The van der Waals surface area contributed by atoms with Crippen LogP contribution in [0.4, 0.5) is 0 Å². The van der Waals surface area contributed by atoms with E-state index < -0.39 is 5.91 Å². The molecule has 0 aliphatic carbocycles. The van der Waals surface area contributed by atoms with Gasteiger partial charge < -0.3 is 4.74 Å². The molecule has 0 aromatic heterocycles. The summed E-state index contributed by atoms with van der Waals surface area (Å²) in [5.74, 6) is 0.148. The van der Waals surface area contributed by atoms with Crippen LogP contribution in [0.1, 0.15) is 11.1 Å². The minimum Gasteiger partial charge on any atom is -0.489 e. The lowest BCUT2D eigenvalue weighted by Crippen LogP contribution is -2.14. The molecule has 1 amide bonds. The summed E-state index contributed by atoms with van der Waals surface area (Å²) in [6.07, 6.45) is 2.83. The van der Waals surface area contributed by atoms with Crippen molar-refractivity contribution in [2.24, 2.45) is 0 Å². The third-order valence-electron chi connectivity index (χ3n) is 2.71. The molecule has 0 saturated carbocycles. The van der Waals surface area contributed by atoms with Crippen LogP contribution in [-0.2, 0) is 11.4 Å². The Balaban J connectivity index is 1.93. The normalized spacial score (nSPS) is 10.6. The highest BCUT2D eigenvalue weighted by Crippen LogP contribution is 2.16. The van der Waals surface area contributed by atoms with Crippen LogP contribution >= 0.6 is 11.6 Å². The van der Waals surface area contributed by atoms with Gasteiger partial charge in [0.1, 0.15) is 12.4 Å². The molecule has 2 aromatic carbocycles. The minimum absolute atomic E-state index is 0.433. The lowest BCUT2D eigenvalue weighted by molar-refractivity contribution is -0.124. The molecule has 0 fully saturated rings. The standard InChI is InChI=1S/C16H14ClNO3/c17-14-3-1-2-13(10-14)11-21-15-7-4-12(5-8-15)6-9-16(19)18-20/h1-10,20H,11H2,(H,18,19). The molecule has 0 radical (unpaired) electrons. The zero-order valence-corrected chi connectivity index (χ0v) is 11.9. The Bertz CT molecular complexity index is 638. The molecule has 21 heavy (non-hydrogen) atoms. The number of amides is 1. The first-order valence-electron chi connectivity index (χ1n) is 6.27. The van der Waals surface area contributed by atoms with Gasteiger partial charge in [-0.25, -0.2) is 5.48 Å². The molecule has 0 saturated heterocycles. The van der Waals surface area contributed by atoms with Crippen LogP contribution < -0.4 is 10.2 Å². The molecular formula is C16H14ClNO3. The molecule has 0 heterocycles. The second kappa shape index (κ2) is 7.47. The van der Waals surface area contributed by atoms with Crippen molar-refractivity contribution >= 4 is 23.6 Å². The van der Waals surface area contributed by atoms with Gasteiger partial charge in [-0.05, 0) is 41.5 Å². The maximum atomic E-state index is 10.9. The molecule has 4 nitrogen and oxygen atoms in total. The van der Waals surface area contributed by atoms with Crippen LogP contribution in [0.5, 0.6) is 5.75 Å². The predicted molar refractivity (Wildman–Crippen MR) is 81.2 cm³/mol. The van der Waals surface area contributed by atoms with E-state index in [9.17, 15) is 4.79 Å². The van der Waals surface area contributed by atoms with E-state index in [-0.39, 0.29) is 0 Å². The number of carbonyl (C=O) groups excluding carboxylic acids is 1. The van der Waals surface area contributed by atoms with Crippen molar-refractivity contribution in [1.82, 2.24) is 5.48 Å². The van der Waals surface area contributed by atoms with Crippen LogP contribution in [0, 0.1) is 0 Å². The quantitative estimate of drug-likeness (QED) is 0.505. The molecule has 0 bridgehead atoms. The Morgan fingerprint density at radius 3 is 2.67 bits per heavy atom. The zero-order valence-electron chi connectivity index (χ0n) is 11.1. The number of hydrogen-bond acceptors (Lipinski definition) is 3. The molecule has 2 aromatic rings. The van der Waals surface area contributed by atoms with E-state index >= 15 is 0 Å². The molecule has 108 valence electrons. The van der Waals surface area contributed by atoms with E-state index in [4.69, 9.17) is 21.5 Å². The van der Waals surface area contributed by atoms with Gasteiger partial charge in [0.15, 0.2) is 0 Å². The summed E-state index contributed by atoms with van der Waals surface area (Å²) in [6, 6.07) is 14.7. The number of halogens is 1. The zero-order chi connectivity index (χ0) is 15.1. The van der Waals surface area contributed by atoms with Crippen molar-refractivity contribution in [3.63, 3.8) is 0 Å². The van der Waals surface area contributed by atoms with Crippen molar-refractivity contribution in [3.8, 4) is 5.75 Å². The third-order valence-corrected chi connectivity index (χ3v) is 2.95. The Hall–Kier alpha value is -2.30. The van der Waals surface area contributed by atoms with E-state index in [1.807, 2.05) is 36.4 Å². The highest BCUT2D eigenvalue weighted by atomic mass is 35.5. The van der Waals surface area contributed by atoms with Crippen molar-refractivity contribution in [2.75, 3.05) is 0 Å². The number of hydroxylamine groups is 1. The fraction of sp³-hybridized carbons (Fsp3) is 0.0625. The molecular weight excluding hydrogens is 290 g/mol. The third kappa shape index (κ3) is 4.95. The highest BCUT2D eigenvalue weighted by molar-refractivity contribution is 6.30. The Morgan fingerprint density at radius 2 is 2.00 bits per heavy atom. The largest absolute Gasteiger partial charge is 0.489 e. The average molecular weight is 304 g/mol. The van der Waals surface area contributed by atoms with Gasteiger partial charge in [-0.1, -0.05) is 35.9 Å². The Kier molecular flexibility index (Phi) is 5.37. The van der Waals surface area contributed by atoms with Gasteiger partial charge in [-0.3, -0.25) is 10.0 Å². The monoisotopic (exact) mass is 303 g/mol. The number of benzene rings is 2. The maximum absolute atomic E-state index is 10.9. The van der Waals surface area contributed by atoms with E-state index in [0.29, 0.717) is 11.6 Å². The molecule has 5 heteroatoms. The van der Waals surface area contributed by atoms with Gasteiger partial charge >= 0.3 is 0 Å². The maximum Gasteiger partial charge on any atom is 0.267 e. The van der Waals surface area contributed by atoms with E-state index in [1.165, 1.54) is 11.6 Å². The summed E-state index contributed by atoms with van der Waals surface area (Å²) < 4.78 is 5.65. The minimum atomic E-state index is -0.573. The van der Waals surface area contributed by atoms with Gasteiger partial charge in [0.2, 0.25) is 0 Å². The lowest BCUT2D eigenvalue weighted by Gasteiger charge is -2.06. The molecule has 2 rings (SSSR count). The molecule has 0 atom stereocenters. The average Bonchev–Trinajstić information content (AvgIpc) is 2.51. The van der Waals surface area contributed by atoms with Crippen molar-refractivity contribution in [2.45, 2.75) is 6.61 Å². The highest BCUT2D eigenvalue weighted by Gasteiger charge is 1.98. The second-order valence-electron chi connectivity index (χ2n) is 4.30. The van der Waals surface area contributed by atoms with Crippen molar-refractivity contribution in [3.05, 3.63) is 70.8 Å². The van der Waals surface area contributed by atoms with Gasteiger partial charge in [0, 0.05) is 11.1 Å². The topological polar surface area (TPSA) is 58.6 Å². The summed E-state index contributed by atoms with van der Waals surface area (Å²) in [5, 5.41) is 9.05. The smallest absolute Gasteiger partial charge is 0.267 e. The predicted octanol–water partition coefficient (Wildman–Crippen LogP) is 3.44. The molecule has 0 spiro atoms. The lowest BCUT2D eigenvalue weighted by atomic mass is 10.2. The number of rotatable bonds is 5. The van der Waals surface area contributed by atoms with Gasteiger partial charge in [0.05, 0.1) is 0 Å². The number of carbonyl (C=O) groups is 1. The number of ether oxygens (including phenoxy) is 1. The van der Waals surface area contributed by atoms with Gasteiger partial charge in [-0.2, -0.15) is 0 Å². The summed E-state index contributed by atoms with van der Waals surface area (Å²) in [4.78, 5) is 10.9. The Labute approximate surface area is 127 Å². The van der Waals surface area contributed by atoms with E-state index in [1.54, 1.807) is 18.2 Å². The first-order valence-corrected chi connectivity index (χ1v) is 6.64. The van der Waals surface area contributed by atoms with E-state index in [0.717, 1.165) is 16.9 Å². The van der Waals surface area contributed by atoms with Crippen molar-refractivity contribution in [1.29, 1.82) is 0 Å². The summed E-state index contributed by atoms with van der Waals surface area (Å²) >= 11 is 5.91. The number of nitrogens with one attached hydrogen (secondary N) is 1. The van der Waals surface area contributed by atoms with Crippen LogP contribution in [0.3, 0.4) is 0 Å². The first-order chi connectivity index (χ1) is 10.2. The summed E-state index contributed by atoms with van der Waals surface area (Å²) in [7, 11) is 0. The second-order valence-corrected chi connectivity index (χ2v) is 4.73. The van der Waals surface area contributed by atoms with Crippen LogP contribution in [-0.4, -0.2) is 11.1 Å². The van der Waals surface area contributed by atoms with Crippen molar-refractivity contribution < 1.29 is 14.7 Å². The molecule has 2 N–H and O–H groups in total. The summed E-state index contributed by atoms with van der Waals surface area (Å²) in [6.45, 7) is 0.433. The SMILES string of the molecule is O=C(C=Cc1ccc(OCc2cccc(Cl)c2)cc1)NO. The van der Waals surface area contributed by atoms with Crippen LogP contribution in [0.15, 0.2) is 54.6 Å². The molecule has 0 aliphatic rings. The number of hydrogen-bond donors (Lipinski definition) is 2. The fourth-order valence-electron chi connectivity index (χ4n) is 1.68. The first kappa shape index (κ1) is 15.1. The van der Waals surface area contributed by atoms with Crippen LogP contribution in [0.25, 0.3) is 6.08 Å².